The van der Waals surface area contributed by atoms with Gasteiger partial charge in [0.1, 0.15) is 4.88 Å². The van der Waals surface area contributed by atoms with Gasteiger partial charge in [0.05, 0.1) is 5.69 Å². The highest BCUT2D eigenvalue weighted by Gasteiger charge is 2.23. The zero-order valence-electron chi connectivity index (χ0n) is 13.4. The van der Waals surface area contributed by atoms with Crippen molar-refractivity contribution in [3.63, 3.8) is 0 Å². The van der Waals surface area contributed by atoms with E-state index in [0.29, 0.717) is 4.88 Å². The first-order valence-electron chi connectivity index (χ1n) is 8.14. The van der Waals surface area contributed by atoms with Crippen molar-refractivity contribution in [1.29, 1.82) is 0 Å². The average molecular weight is 330 g/mol. The molecule has 1 aliphatic rings. The van der Waals surface area contributed by atoms with Crippen molar-refractivity contribution >= 4 is 17.4 Å². The van der Waals surface area contributed by atoms with Gasteiger partial charge >= 0.3 is 0 Å². The molecule has 1 amide bonds. The second-order valence-corrected chi connectivity index (χ2v) is 6.67. The van der Waals surface area contributed by atoms with E-state index < -0.39 is 0 Å². The largest absolute Gasteiger partial charge is 0.348 e. The third-order valence-corrected chi connectivity index (χ3v) is 5.04. The number of nitrogens with one attached hydrogen (secondary N) is 1. The number of aryl methyl sites for hydroxylation is 1. The number of hydrogen-bond acceptors (Lipinski definition) is 5. The third kappa shape index (κ3) is 4.14. The van der Waals surface area contributed by atoms with E-state index >= 15 is 0 Å². The molecule has 23 heavy (non-hydrogen) atoms. The van der Waals surface area contributed by atoms with E-state index in [1.165, 1.54) is 17.1 Å². The number of amides is 1. The zero-order chi connectivity index (χ0) is 16.1. The van der Waals surface area contributed by atoms with Crippen molar-refractivity contribution in [1.82, 2.24) is 19.8 Å². The van der Waals surface area contributed by atoms with E-state index in [0.717, 1.165) is 44.6 Å². The van der Waals surface area contributed by atoms with Gasteiger partial charge in [0.15, 0.2) is 0 Å². The van der Waals surface area contributed by atoms with Crippen molar-refractivity contribution in [2.75, 3.05) is 13.1 Å². The van der Waals surface area contributed by atoms with Gasteiger partial charge in [-0.3, -0.25) is 9.69 Å². The highest BCUT2D eigenvalue weighted by molar-refractivity contribution is 7.08. The normalized spacial score (nSPS) is 16.4. The molecule has 0 unspecified atom stereocenters. The molecule has 1 N–H and O–H groups in total. The number of rotatable bonds is 5. The van der Waals surface area contributed by atoms with Crippen molar-refractivity contribution < 1.29 is 4.79 Å². The van der Waals surface area contributed by atoms with Gasteiger partial charge in [0.2, 0.25) is 0 Å². The lowest BCUT2D eigenvalue weighted by Crippen LogP contribution is -2.44. The number of piperidine rings is 1. The number of nitrogens with zero attached hydrogens (tertiary/aromatic N) is 3. The van der Waals surface area contributed by atoms with Crippen LogP contribution in [0.5, 0.6) is 0 Å². The highest BCUT2D eigenvalue weighted by atomic mass is 32.1. The Bertz CT molecular complexity index is 635. The Morgan fingerprint density at radius 3 is 2.74 bits per heavy atom. The van der Waals surface area contributed by atoms with Crippen LogP contribution in [-0.2, 0) is 13.0 Å². The molecule has 6 heteroatoms. The van der Waals surface area contributed by atoms with E-state index in [1.54, 1.807) is 0 Å². The number of benzene rings is 1. The lowest BCUT2D eigenvalue weighted by Gasteiger charge is -2.32. The SMILES string of the molecule is CCc1nnsc1C(=O)NC1CCN(Cc2ccccc2)CC1. The molecule has 1 aromatic carbocycles. The van der Waals surface area contributed by atoms with Crippen LogP contribution in [0.4, 0.5) is 0 Å². The Labute approximate surface area is 140 Å². The molecule has 3 rings (SSSR count). The van der Waals surface area contributed by atoms with Crippen molar-refractivity contribution in [3.8, 4) is 0 Å². The Morgan fingerprint density at radius 2 is 2.04 bits per heavy atom. The van der Waals surface area contributed by atoms with Gasteiger partial charge in [-0.1, -0.05) is 41.7 Å². The molecular formula is C17H22N4OS. The fourth-order valence-corrected chi connectivity index (χ4v) is 3.59. The maximum Gasteiger partial charge on any atom is 0.265 e. The van der Waals surface area contributed by atoms with Crippen LogP contribution in [0, 0.1) is 0 Å². The monoisotopic (exact) mass is 330 g/mol. The molecule has 0 spiro atoms. The fourth-order valence-electron chi connectivity index (χ4n) is 2.94. The Balaban J connectivity index is 1.48. The molecule has 0 saturated carbocycles. The minimum atomic E-state index is -0.0154. The Kier molecular flexibility index (Phi) is 5.35. The van der Waals surface area contributed by atoms with Gasteiger partial charge in [-0.25, -0.2) is 0 Å². The van der Waals surface area contributed by atoms with Crippen molar-refractivity contribution in [2.45, 2.75) is 38.8 Å². The minimum Gasteiger partial charge on any atom is -0.348 e. The molecule has 0 atom stereocenters. The molecule has 1 fully saturated rings. The topological polar surface area (TPSA) is 58.1 Å². The minimum absolute atomic E-state index is 0.0154. The standard InChI is InChI=1S/C17H22N4OS/c1-2-15-16(23-20-19-15)17(22)18-14-8-10-21(11-9-14)12-13-6-4-3-5-7-13/h3-7,14H,2,8-12H2,1H3,(H,18,22). The molecular weight excluding hydrogens is 308 g/mol. The third-order valence-electron chi connectivity index (χ3n) is 4.27. The van der Waals surface area contributed by atoms with Crippen LogP contribution < -0.4 is 5.32 Å². The summed E-state index contributed by atoms with van der Waals surface area (Å²) < 4.78 is 3.89. The van der Waals surface area contributed by atoms with Crippen LogP contribution in [0.3, 0.4) is 0 Å². The highest BCUT2D eigenvalue weighted by Crippen LogP contribution is 2.16. The van der Waals surface area contributed by atoms with E-state index in [4.69, 9.17) is 0 Å². The van der Waals surface area contributed by atoms with Crippen molar-refractivity contribution in [2.24, 2.45) is 0 Å². The smallest absolute Gasteiger partial charge is 0.265 e. The van der Waals surface area contributed by atoms with E-state index in [1.807, 2.05) is 13.0 Å². The molecule has 5 nitrogen and oxygen atoms in total. The lowest BCUT2D eigenvalue weighted by atomic mass is 10.0. The summed E-state index contributed by atoms with van der Waals surface area (Å²) in [7, 11) is 0. The number of likely N-dealkylation sites (tertiary alicyclic amines) is 1. The quantitative estimate of drug-likeness (QED) is 0.915. The van der Waals surface area contributed by atoms with E-state index in [2.05, 4.69) is 44.1 Å². The first-order valence-corrected chi connectivity index (χ1v) is 8.92. The van der Waals surface area contributed by atoms with Crippen LogP contribution in [0.1, 0.15) is 40.7 Å². The molecule has 122 valence electrons. The summed E-state index contributed by atoms with van der Waals surface area (Å²) in [6, 6.07) is 10.8. The van der Waals surface area contributed by atoms with Crippen LogP contribution in [0.2, 0.25) is 0 Å². The molecule has 0 bridgehead atoms. The van der Waals surface area contributed by atoms with Crippen LogP contribution >= 0.6 is 11.5 Å². The summed E-state index contributed by atoms with van der Waals surface area (Å²) in [5, 5.41) is 7.15. The Hall–Kier alpha value is -1.79. The summed E-state index contributed by atoms with van der Waals surface area (Å²) in [6.07, 6.45) is 2.73. The second kappa shape index (κ2) is 7.66. The van der Waals surface area contributed by atoms with Gasteiger partial charge in [-0.15, -0.1) is 5.10 Å². The van der Waals surface area contributed by atoms with Gasteiger partial charge in [-0.2, -0.15) is 0 Å². The summed E-state index contributed by atoms with van der Waals surface area (Å²) >= 11 is 1.19. The predicted octanol–water partition coefficient (Wildman–Crippen LogP) is 2.49. The summed E-state index contributed by atoms with van der Waals surface area (Å²) in [5.74, 6) is -0.0154. The zero-order valence-corrected chi connectivity index (χ0v) is 14.2. The molecule has 1 saturated heterocycles. The van der Waals surface area contributed by atoms with Gasteiger partial charge in [-0.05, 0) is 36.4 Å². The fraction of sp³-hybridized carbons (Fsp3) is 0.471. The van der Waals surface area contributed by atoms with E-state index in [9.17, 15) is 4.79 Å². The van der Waals surface area contributed by atoms with Crippen LogP contribution in [0.15, 0.2) is 30.3 Å². The van der Waals surface area contributed by atoms with Crippen molar-refractivity contribution in [3.05, 3.63) is 46.5 Å². The molecule has 1 aliphatic heterocycles. The summed E-state index contributed by atoms with van der Waals surface area (Å²) in [5.41, 5.74) is 2.15. The Morgan fingerprint density at radius 1 is 1.30 bits per heavy atom. The first-order chi connectivity index (χ1) is 11.3. The number of aromatic nitrogens is 2. The molecule has 0 radical (unpaired) electrons. The number of hydrogen-bond donors (Lipinski definition) is 1. The van der Waals surface area contributed by atoms with Crippen LogP contribution in [-0.4, -0.2) is 39.5 Å². The second-order valence-electron chi connectivity index (χ2n) is 5.91. The molecule has 1 aromatic heterocycles. The maximum absolute atomic E-state index is 12.3. The van der Waals surface area contributed by atoms with Crippen LogP contribution in [0.25, 0.3) is 0 Å². The molecule has 2 heterocycles. The van der Waals surface area contributed by atoms with E-state index in [-0.39, 0.29) is 11.9 Å². The number of carbonyl (C=O) groups excluding carboxylic acids is 1. The maximum atomic E-state index is 12.3. The van der Waals surface area contributed by atoms with Gasteiger partial charge in [0, 0.05) is 25.7 Å². The lowest BCUT2D eigenvalue weighted by molar-refractivity contribution is 0.0912. The van der Waals surface area contributed by atoms with Gasteiger partial charge < -0.3 is 5.32 Å². The summed E-state index contributed by atoms with van der Waals surface area (Å²) in [4.78, 5) is 15.4. The predicted molar refractivity (Wildman–Crippen MR) is 91.5 cm³/mol. The molecule has 2 aromatic rings. The van der Waals surface area contributed by atoms with Gasteiger partial charge in [0.25, 0.3) is 5.91 Å². The number of carbonyl (C=O) groups is 1. The first kappa shape index (κ1) is 16.1. The average Bonchev–Trinajstić information content (AvgIpc) is 3.06. The molecule has 0 aliphatic carbocycles. The summed E-state index contributed by atoms with van der Waals surface area (Å²) in [6.45, 7) is 5.01.